The van der Waals surface area contributed by atoms with E-state index in [0.29, 0.717) is 23.3 Å². The molecule has 0 atom stereocenters. The van der Waals surface area contributed by atoms with Crippen LogP contribution in [-0.2, 0) is 19.1 Å². The van der Waals surface area contributed by atoms with Crippen LogP contribution in [0.2, 0.25) is 0 Å². The van der Waals surface area contributed by atoms with Crippen molar-refractivity contribution in [3.05, 3.63) is 42.9 Å². The second-order valence-electron chi connectivity index (χ2n) is 11.0. The van der Waals surface area contributed by atoms with Crippen LogP contribution >= 0.6 is 0 Å². The first-order valence-electron chi connectivity index (χ1n) is 15.2. The molecular formula is C30H30F9N7O8. The van der Waals surface area contributed by atoms with Crippen molar-refractivity contribution in [2.24, 2.45) is 0 Å². The van der Waals surface area contributed by atoms with Crippen molar-refractivity contribution in [3.8, 4) is 22.6 Å². The molecule has 6 N–H and O–H groups in total. The van der Waals surface area contributed by atoms with Gasteiger partial charge in [0.2, 0.25) is 5.89 Å². The lowest BCUT2D eigenvalue weighted by atomic mass is 10.1. The number of ether oxygens (including phenoxy) is 1. The molecule has 1 aromatic carbocycles. The van der Waals surface area contributed by atoms with Gasteiger partial charge < -0.3 is 40.4 Å². The van der Waals surface area contributed by atoms with Gasteiger partial charge in [0.25, 0.3) is 0 Å². The lowest BCUT2D eigenvalue weighted by Gasteiger charge is -2.28. The van der Waals surface area contributed by atoms with Gasteiger partial charge in [0.15, 0.2) is 5.58 Å². The molecule has 54 heavy (non-hydrogen) atoms. The Morgan fingerprint density at radius 1 is 0.815 bits per heavy atom. The van der Waals surface area contributed by atoms with Crippen LogP contribution in [0.25, 0.3) is 33.7 Å². The van der Waals surface area contributed by atoms with Gasteiger partial charge in [-0.2, -0.15) is 44.6 Å². The number of nitrogens with zero attached hydrogens (tertiary/aromatic N) is 5. The normalized spacial score (nSPS) is 15.2. The number of hydrogen-bond donors (Lipinski definition) is 5. The second kappa shape index (κ2) is 17.9. The molecule has 0 amide bonds. The molecule has 0 bridgehead atoms. The standard InChI is InChI=1S/C24H27N7O2.3C2HF3O2/c25-23-20(11-16(13-27-23)17-14-28-31(15-17)18-3-5-26-6-4-18)24-29-21-12-19(1-2-22(21)33-24)30-7-9-32-10-8-30;3*3-2(4,5)1(6)7/h1-2,11-15,18,26H,3-10H2,(H2,25,27);3*(H,6,7). The zero-order valence-electron chi connectivity index (χ0n) is 27.4. The van der Waals surface area contributed by atoms with Crippen molar-refractivity contribution in [3.63, 3.8) is 0 Å². The van der Waals surface area contributed by atoms with E-state index in [1.807, 2.05) is 18.3 Å². The van der Waals surface area contributed by atoms with E-state index in [-0.39, 0.29) is 0 Å². The number of nitrogen functional groups attached to an aromatic ring is 1. The summed E-state index contributed by atoms with van der Waals surface area (Å²) in [5, 5.41) is 29.4. The monoisotopic (exact) mass is 787 g/mol. The number of alkyl halides is 9. The van der Waals surface area contributed by atoms with Gasteiger partial charge in [0.05, 0.1) is 31.0 Å². The Hall–Kier alpha value is -5.65. The van der Waals surface area contributed by atoms with Gasteiger partial charge in [-0.05, 0) is 50.2 Å². The van der Waals surface area contributed by atoms with Crippen LogP contribution in [0.5, 0.6) is 0 Å². The van der Waals surface area contributed by atoms with E-state index in [1.165, 1.54) is 0 Å². The molecule has 2 saturated heterocycles. The van der Waals surface area contributed by atoms with E-state index < -0.39 is 36.4 Å². The summed E-state index contributed by atoms with van der Waals surface area (Å²) in [5.41, 5.74) is 11.5. The Kier molecular flexibility index (Phi) is 14.2. The molecular weight excluding hydrogens is 757 g/mol. The zero-order valence-corrected chi connectivity index (χ0v) is 27.4. The summed E-state index contributed by atoms with van der Waals surface area (Å²) < 4.78 is 109. The van der Waals surface area contributed by atoms with Crippen LogP contribution in [0.15, 0.2) is 47.3 Å². The van der Waals surface area contributed by atoms with Gasteiger partial charge in [0.1, 0.15) is 11.3 Å². The third kappa shape index (κ3) is 12.5. The van der Waals surface area contributed by atoms with Crippen LogP contribution < -0.4 is 16.0 Å². The summed E-state index contributed by atoms with van der Waals surface area (Å²) in [6, 6.07) is 8.51. The first kappa shape index (κ1) is 42.8. The molecule has 2 aliphatic rings. The van der Waals surface area contributed by atoms with E-state index in [0.717, 1.165) is 80.1 Å². The van der Waals surface area contributed by atoms with Crippen molar-refractivity contribution in [1.82, 2.24) is 25.1 Å². The quantitative estimate of drug-likeness (QED) is 0.172. The van der Waals surface area contributed by atoms with Gasteiger partial charge in [0, 0.05) is 42.3 Å². The number of piperidine rings is 1. The maximum absolute atomic E-state index is 10.6. The van der Waals surface area contributed by atoms with Crippen molar-refractivity contribution in [2.75, 3.05) is 50.0 Å². The van der Waals surface area contributed by atoms with Crippen molar-refractivity contribution >= 4 is 40.5 Å². The van der Waals surface area contributed by atoms with Crippen LogP contribution in [0.4, 0.5) is 51.0 Å². The number of nitrogens with one attached hydrogen (secondary N) is 1. The maximum atomic E-state index is 10.6. The number of carboxylic acids is 3. The van der Waals surface area contributed by atoms with Crippen molar-refractivity contribution < 1.29 is 78.4 Å². The number of anilines is 2. The summed E-state index contributed by atoms with van der Waals surface area (Å²) in [5.74, 6) is -7.40. The molecule has 3 aromatic heterocycles. The summed E-state index contributed by atoms with van der Waals surface area (Å²) in [4.78, 5) is 38.2. The highest BCUT2D eigenvalue weighted by molar-refractivity contribution is 5.83. The van der Waals surface area contributed by atoms with Crippen LogP contribution in [0, 0.1) is 0 Å². The number of carboxylic acid groups (broad SMARTS) is 3. The highest BCUT2D eigenvalue weighted by atomic mass is 19.4. The molecule has 24 heteroatoms. The van der Waals surface area contributed by atoms with Gasteiger partial charge in [-0.1, -0.05) is 0 Å². The van der Waals surface area contributed by atoms with Gasteiger partial charge in [-0.3, -0.25) is 4.68 Å². The lowest BCUT2D eigenvalue weighted by Crippen LogP contribution is -2.36. The minimum atomic E-state index is -5.08. The third-order valence-electron chi connectivity index (χ3n) is 7.24. The van der Waals surface area contributed by atoms with E-state index >= 15 is 0 Å². The molecule has 15 nitrogen and oxygen atoms in total. The number of aliphatic carboxylic acids is 3. The van der Waals surface area contributed by atoms with Crippen molar-refractivity contribution in [2.45, 2.75) is 37.4 Å². The summed E-state index contributed by atoms with van der Waals surface area (Å²) in [7, 11) is 0. The molecule has 6 rings (SSSR count). The molecule has 4 aromatic rings. The maximum Gasteiger partial charge on any atom is 0.490 e. The summed E-state index contributed by atoms with van der Waals surface area (Å²) in [6.45, 7) is 5.29. The molecule has 296 valence electrons. The first-order chi connectivity index (χ1) is 25.1. The molecule has 2 aliphatic heterocycles. The molecule has 0 aliphatic carbocycles. The minimum absolute atomic E-state index is 0.393. The van der Waals surface area contributed by atoms with E-state index in [1.54, 1.807) is 6.20 Å². The second-order valence-corrected chi connectivity index (χ2v) is 11.0. The lowest BCUT2D eigenvalue weighted by molar-refractivity contribution is -0.193. The number of hydrogen-bond acceptors (Lipinski definition) is 11. The van der Waals surface area contributed by atoms with Gasteiger partial charge in [-0.25, -0.2) is 24.4 Å². The Balaban J connectivity index is 0.000000307. The van der Waals surface area contributed by atoms with E-state index in [9.17, 15) is 39.5 Å². The highest BCUT2D eigenvalue weighted by Crippen LogP contribution is 2.33. The fourth-order valence-electron chi connectivity index (χ4n) is 4.61. The number of rotatable bonds is 4. The number of fused-ring (bicyclic) bond motifs is 1. The Morgan fingerprint density at radius 3 is 1.87 bits per heavy atom. The smallest absolute Gasteiger partial charge is 0.475 e. The molecule has 2 fully saturated rings. The van der Waals surface area contributed by atoms with Crippen LogP contribution in [-0.4, -0.2) is 111 Å². The van der Waals surface area contributed by atoms with Gasteiger partial charge >= 0.3 is 36.4 Å². The fraction of sp³-hybridized carbons (Fsp3) is 0.400. The number of pyridine rings is 1. The number of aromatic nitrogens is 4. The number of carbonyl (C=O) groups is 3. The predicted octanol–water partition coefficient (Wildman–Crippen LogP) is 5.00. The summed E-state index contributed by atoms with van der Waals surface area (Å²) >= 11 is 0. The highest BCUT2D eigenvalue weighted by Gasteiger charge is 2.39. The van der Waals surface area contributed by atoms with Gasteiger partial charge in [-0.15, -0.1) is 0 Å². The molecule has 0 spiro atoms. The largest absolute Gasteiger partial charge is 0.490 e. The molecule has 5 heterocycles. The minimum Gasteiger partial charge on any atom is -0.475 e. The number of oxazole rings is 1. The Labute approximate surface area is 297 Å². The average Bonchev–Trinajstić information content (AvgIpc) is 3.77. The van der Waals surface area contributed by atoms with Crippen LogP contribution in [0.3, 0.4) is 0 Å². The third-order valence-corrected chi connectivity index (χ3v) is 7.24. The SMILES string of the molecule is Nc1ncc(-c2cnn(C3CCNCC3)c2)cc1-c1nc2cc(N3CCOCC3)ccc2o1.O=C(O)C(F)(F)F.O=C(O)C(F)(F)F.O=C(O)C(F)(F)F. The number of halogens is 9. The number of benzene rings is 1. The zero-order chi connectivity index (χ0) is 40.4. The predicted molar refractivity (Wildman–Crippen MR) is 168 cm³/mol. The average molecular weight is 788 g/mol. The van der Waals surface area contributed by atoms with E-state index in [4.69, 9.17) is 49.6 Å². The van der Waals surface area contributed by atoms with E-state index in [2.05, 4.69) is 43.3 Å². The number of nitrogens with two attached hydrogens (primary N) is 1. The Bertz CT molecular complexity index is 1830. The Morgan fingerprint density at radius 2 is 1.35 bits per heavy atom. The molecule has 0 unspecified atom stereocenters. The molecule has 0 radical (unpaired) electrons. The fourth-order valence-corrected chi connectivity index (χ4v) is 4.61. The number of morpholine rings is 1. The van der Waals surface area contributed by atoms with Crippen LogP contribution in [0.1, 0.15) is 18.9 Å². The first-order valence-corrected chi connectivity index (χ1v) is 15.2. The topological polar surface area (TPSA) is 219 Å². The molecule has 0 saturated carbocycles. The van der Waals surface area contributed by atoms with Crippen molar-refractivity contribution in [1.29, 1.82) is 0 Å². The summed E-state index contributed by atoms with van der Waals surface area (Å²) in [6.07, 6.45) is -7.32.